The summed E-state index contributed by atoms with van der Waals surface area (Å²) >= 11 is 11.9. The Morgan fingerprint density at radius 1 is 1.07 bits per heavy atom. The molecule has 3 aromatic rings. The van der Waals surface area contributed by atoms with E-state index in [0.29, 0.717) is 5.69 Å². The van der Waals surface area contributed by atoms with Crippen LogP contribution in [0, 0.1) is 0 Å². The first kappa shape index (κ1) is 20.9. The number of hydrogen-bond donors (Lipinski definition) is 3. The highest BCUT2D eigenvalue weighted by Crippen LogP contribution is 2.29. The van der Waals surface area contributed by atoms with Gasteiger partial charge in [-0.05, 0) is 35.9 Å². The number of aromatic carboxylic acids is 1. The van der Waals surface area contributed by atoms with E-state index in [1.807, 2.05) is 0 Å². The van der Waals surface area contributed by atoms with Gasteiger partial charge in [0.25, 0.3) is 15.7 Å². The quantitative estimate of drug-likeness (QED) is 0.505. The Kier molecular flexibility index (Phi) is 5.67. The number of rotatable bonds is 5. The third kappa shape index (κ3) is 4.28. The number of hydrogen-bond acceptors (Lipinski definition) is 4. The van der Waals surface area contributed by atoms with Crippen molar-refractivity contribution in [3.63, 3.8) is 0 Å². The monoisotopic (exact) mass is 454 g/mol. The van der Waals surface area contributed by atoms with Crippen LogP contribution < -0.4 is 5.56 Å². The number of carboxylic acid groups (broad SMARTS) is 1. The molecule has 0 spiro atoms. The van der Waals surface area contributed by atoms with E-state index in [1.54, 1.807) is 30.3 Å². The molecule has 0 bridgehead atoms. The second-order valence-corrected chi connectivity index (χ2v) is 8.00. The Morgan fingerprint density at radius 2 is 1.72 bits per heavy atom. The first-order valence-electron chi connectivity index (χ1n) is 7.88. The molecule has 0 aliphatic carbocycles. The predicted molar refractivity (Wildman–Crippen MR) is 109 cm³/mol. The molecular weight excluding hydrogens is 443 g/mol. The number of aromatic amines is 1. The molecule has 1 heterocycles. The number of para-hydroxylation sites is 1. The molecule has 11 heteroatoms. The normalized spacial score (nSPS) is 11.8. The standard InChI is InChI=1S/C18H12Cl2N2O6S/c19-13-9-15(29(26,27)28)14(20)8-10(13)6-7-12-16(18(24)25)21-22(17(12)23)11-4-2-1-3-5-11/h1-9,21H,(H,24,25)(H,26,27,28). The minimum absolute atomic E-state index is 0.0749. The van der Waals surface area contributed by atoms with E-state index in [2.05, 4.69) is 5.10 Å². The predicted octanol–water partition coefficient (Wildman–Crippen LogP) is 3.59. The molecule has 29 heavy (non-hydrogen) atoms. The van der Waals surface area contributed by atoms with Gasteiger partial charge in [-0.1, -0.05) is 47.5 Å². The average Bonchev–Trinajstić information content (AvgIpc) is 2.98. The molecule has 3 rings (SSSR count). The van der Waals surface area contributed by atoms with E-state index in [9.17, 15) is 23.1 Å². The summed E-state index contributed by atoms with van der Waals surface area (Å²) < 4.78 is 32.8. The van der Waals surface area contributed by atoms with Gasteiger partial charge in [0.1, 0.15) is 4.90 Å². The molecule has 0 aliphatic heterocycles. The molecule has 0 atom stereocenters. The van der Waals surface area contributed by atoms with Crippen molar-refractivity contribution in [1.29, 1.82) is 0 Å². The van der Waals surface area contributed by atoms with Crippen molar-refractivity contribution in [2.75, 3.05) is 0 Å². The SMILES string of the molecule is O=C(O)c1[nH]n(-c2ccccc2)c(=O)c1C=Cc1cc(Cl)c(S(=O)(=O)O)cc1Cl. The smallest absolute Gasteiger partial charge is 0.354 e. The Hall–Kier alpha value is -2.85. The summed E-state index contributed by atoms with van der Waals surface area (Å²) in [6.07, 6.45) is 2.54. The van der Waals surface area contributed by atoms with E-state index in [1.165, 1.54) is 18.2 Å². The largest absolute Gasteiger partial charge is 0.477 e. The van der Waals surface area contributed by atoms with E-state index in [0.717, 1.165) is 10.7 Å². The fourth-order valence-electron chi connectivity index (χ4n) is 2.57. The summed E-state index contributed by atoms with van der Waals surface area (Å²) in [5.41, 5.74) is -0.439. The Balaban J connectivity index is 2.10. The highest BCUT2D eigenvalue weighted by Gasteiger charge is 2.19. The molecule has 1 aromatic heterocycles. The van der Waals surface area contributed by atoms with Crippen LogP contribution in [0.5, 0.6) is 0 Å². The number of nitrogens with zero attached hydrogens (tertiary/aromatic N) is 1. The Morgan fingerprint density at radius 3 is 2.31 bits per heavy atom. The Bertz CT molecular complexity index is 1290. The van der Waals surface area contributed by atoms with Crippen LogP contribution in [0.1, 0.15) is 21.6 Å². The average molecular weight is 455 g/mol. The summed E-state index contributed by atoms with van der Waals surface area (Å²) in [7, 11) is -4.57. The van der Waals surface area contributed by atoms with E-state index in [4.69, 9.17) is 27.8 Å². The van der Waals surface area contributed by atoms with E-state index >= 15 is 0 Å². The number of nitrogens with one attached hydrogen (secondary N) is 1. The maximum atomic E-state index is 12.7. The third-order valence-corrected chi connectivity index (χ3v) is 5.56. The fraction of sp³-hybridized carbons (Fsp3) is 0. The maximum absolute atomic E-state index is 12.7. The lowest BCUT2D eigenvalue weighted by Gasteiger charge is -2.04. The first-order chi connectivity index (χ1) is 13.6. The second kappa shape index (κ2) is 7.88. The van der Waals surface area contributed by atoms with Gasteiger partial charge in [0.15, 0.2) is 5.69 Å². The number of benzene rings is 2. The second-order valence-electron chi connectivity index (χ2n) is 5.79. The van der Waals surface area contributed by atoms with Crippen LogP contribution in [0.25, 0.3) is 17.8 Å². The Labute approximate surface area is 174 Å². The van der Waals surface area contributed by atoms with Crippen LogP contribution in [0.4, 0.5) is 0 Å². The number of H-pyrrole nitrogens is 1. The van der Waals surface area contributed by atoms with Gasteiger partial charge in [-0.15, -0.1) is 0 Å². The molecule has 0 saturated heterocycles. The zero-order valence-electron chi connectivity index (χ0n) is 14.3. The fourth-order valence-corrected chi connectivity index (χ4v) is 3.90. The number of carboxylic acids is 1. The molecule has 0 saturated carbocycles. The highest BCUT2D eigenvalue weighted by atomic mass is 35.5. The lowest BCUT2D eigenvalue weighted by atomic mass is 10.1. The summed E-state index contributed by atoms with van der Waals surface area (Å²) in [5, 5.41) is 11.6. The molecule has 0 fully saturated rings. The maximum Gasteiger partial charge on any atom is 0.354 e. The van der Waals surface area contributed by atoms with Gasteiger partial charge < -0.3 is 5.11 Å². The van der Waals surface area contributed by atoms with E-state index < -0.39 is 26.5 Å². The number of carbonyl (C=O) groups is 1. The minimum Gasteiger partial charge on any atom is -0.477 e. The van der Waals surface area contributed by atoms with Crippen LogP contribution >= 0.6 is 23.2 Å². The number of aromatic nitrogens is 2. The minimum atomic E-state index is -4.57. The summed E-state index contributed by atoms with van der Waals surface area (Å²) in [5.74, 6) is -1.35. The molecule has 150 valence electrons. The van der Waals surface area contributed by atoms with Gasteiger partial charge in [-0.2, -0.15) is 8.42 Å². The molecule has 2 aromatic carbocycles. The molecule has 0 unspecified atom stereocenters. The van der Waals surface area contributed by atoms with Gasteiger partial charge in [-0.3, -0.25) is 14.4 Å². The van der Waals surface area contributed by atoms with Gasteiger partial charge in [-0.25, -0.2) is 9.48 Å². The molecular formula is C18H12Cl2N2O6S. The molecule has 0 amide bonds. The lowest BCUT2D eigenvalue weighted by molar-refractivity contribution is 0.0689. The van der Waals surface area contributed by atoms with Gasteiger partial charge >= 0.3 is 5.97 Å². The van der Waals surface area contributed by atoms with Crippen molar-refractivity contribution in [3.8, 4) is 5.69 Å². The van der Waals surface area contributed by atoms with Gasteiger partial charge in [0, 0.05) is 5.02 Å². The molecule has 8 nitrogen and oxygen atoms in total. The van der Waals surface area contributed by atoms with Crippen LogP contribution in [0.2, 0.25) is 10.0 Å². The van der Waals surface area contributed by atoms with Crippen molar-refractivity contribution >= 4 is 51.4 Å². The van der Waals surface area contributed by atoms with Crippen molar-refractivity contribution in [1.82, 2.24) is 9.78 Å². The third-order valence-electron chi connectivity index (χ3n) is 3.91. The molecule has 0 radical (unpaired) electrons. The van der Waals surface area contributed by atoms with Gasteiger partial charge in [0.2, 0.25) is 0 Å². The number of halogens is 2. The topological polar surface area (TPSA) is 129 Å². The summed E-state index contributed by atoms with van der Waals surface area (Å²) in [6, 6.07) is 10.5. The van der Waals surface area contributed by atoms with Crippen molar-refractivity contribution < 1.29 is 22.9 Å². The summed E-state index contributed by atoms with van der Waals surface area (Å²) in [4.78, 5) is 23.7. The molecule has 0 aliphatic rings. The first-order valence-corrected chi connectivity index (χ1v) is 10.1. The zero-order valence-corrected chi connectivity index (χ0v) is 16.7. The van der Waals surface area contributed by atoms with E-state index in [-0.39, 0.29) is 26.9 Å². The van der Waals surface area contributed by atoms with Crippen molar-refractivity contribution in [3.05, 3.63) is 79.7 Å². The van der Waals surface area contributed by atoms with Crippen LogP contribution in [-0.4, -0.2) is 33.8 Å². The van der Waals surface area contributed by atoms with Crippen LogP contribution in [0.3, 0.4) is 0 Å². The summed E-state index contributed by atoms with van der Waals surface area (Å²) in [6.45, 7) is 0. The van der Waals surface area contributed by atoms with Crippen LogP contribution in [-0.2, 0) is 10.1 Å². The molecule has 3 N–H and O–H groups in total. The van der Waals surface area contributed by atoms with Gasteiger partial charge in [0.05, 0.1) is 16.3 Å². The zero-order chi connectivity index (χ0) is 21.3. The van der Waals surface area contributed by atoms with Crippen molar-refractivity contribution in [2.45, 2.75) is 4.90 Å². The van der Waals surface area contributed by atoms with Crippen LogP contribution in [0.15, 0.2) is 52.2 Å². The highest BCUT2D eigenvalue weighted by molar-refractivity contribution is 7.86. The van der Waals surface area contributed by atoms with Crippen molar-refractivity contribution in [2.24, 2.45) is 0 Å². The lowest BCUT2D eigenvalue weighted by Crippen LogP contribution is -2.15.